The van der Waals surface area contributed by atoms with Gasteiger partial charge in [-0.25, -0.2) is 0 Å². The van der Waals surface area contributed by atoms with E-state index in [-0.39, 0.29) is 0 Å². The maximum absolute atomic E-state index is 5.51. The highest BCUT2D eigenvalue weighted by Crippen LogP contribution is 2.06. The molecule has 0 fully saturated rings. The lowest BCUT2D eigenvalue weighted by Gasteiger charge is -2.24. The van der Waals surface area contributed by atoms with Crippen molar-refractivity contribution >= 4 is 17.2 Å². The minimum absolute atomic E-state index is 0.899. The first kappa shape index (κ1) is 13.2. The summed E-state index contributed by atoms with van der Waals surface area (Å²) in [5.41, 5.74) is 1.31. The Labute approximate surface area is 104 Å². The molecular weight excluding hydrogens is 214 g/mol. The van der Waals surface area contributed by atoms with Gasteiger partial charge in [-0.15, -0.1) is 0 Å². The average Bonchev–Trinajstić information content (AvgIpc) is 2.30. The van der Waals surface area contributed by atoms with Gasteiger partial charge in [-0.1, -0.05) is 56.4 Å². The van der Waals surface area contributed by atoms with Gasteiger partial charge in [0.25, 0.3) is 0 Å². The predicted octanol–water partition coefficient (Wildman–Crippen LogP) is 3.68. The van der Waals surface area contributed by atoms with Crippen LogP contribution in [0.3, 0.4) is 0 Å². The van der Waals surface area contributed by atoms with Gasteiger partial charge in [-0.2, -0.15) is 0 Å². The van der Waals surface area contributed by atoms with Crippen LogP contribution in [0.4, 0.5) is 0 Å². The fraction of sp³-hybridized carbons (Fsp3) is 0.500. The van der Waals surface area contributed by atoms with Crippen molar-refractivity contribution in [3.8, 4) is 0 Å². The van der Waals surface area contributed by atoms with Crippen molar-refractivity contribution in [2.75, 3.05) is 13.1 Å². The second-order valence-corrected chi connectivity index (χ2v) is 4.51. The number of hydrogen-bond acceptors (Lipinski definition) is 1. The van der Waals surface area contributed by atoms with E-state index >= 15 is 0 Å². The summed E-state index contributed by atoms with van der Waals surface area (Å²) in [4.78, 5) is 3.41. The number of nitrogens with zero attached hydrogens (tertiary/aromatic N) is 1. The first-order valence-electron chi connectivity index (χ1n) is 6.09. The molecule has 0 aromatic heterocycles. The van der Waals surface area contributed by atoms with Crippen LogP contribution in [0, 0.1) is 0 Å². The highest BCUT2D eigenvalue weighted by molar-refractivity contribution is 7.80. The van der Waals surface area contributed by atoms with Gasteiger partial charge in [0.15, 0.2) is 0 Å². The summed E-state index contributed by atoms with van der Waals surface area (Å²) in [6, 6.07) is 10.5. The second kappa shape index (κ2) is 7.39. The molecule has 88 valence electrons. The second-order valence-electron chi connectivity index (χ2n) is 4.04. The smallest absolute Gasteiger partial charge is 0.0823 e. The predicted molar refractivity (Wildman–Crippen MR) is 74.9 cm³/mol. The van der Waals surface area contributed by atoms with Gasteiger partial charge in [-0.05, 0) is 18.4 Å². The Morgan fingerprint density at radius 3 is 2.12 bits per heavy atom. The highest BCUT2D eigenvalue weighted by Gasteiger charge is 2.07. The summed E-state index contributed by atoms with van der Waals surface area (Å²) in [6.07, 6.45) is 3.22. The molecule has 0 saturated heterocycles. The van der Waals surface area contributed by atoms with Crippen molar-refractivity contribution in [3.63, 3.8) is 0 Å². The SMILES string of the molecule is CCCN(CCC)C(=S)Cc1ccccc1. The Bertz CT molecular complexity index is 302. The molecule has 0 amide bonds. The van der Waals surface area contributed by atoms with E-state index in [1.54, 1.807) is 0 Å². The van der Waals surface area contributed by atoms with Gasteiger partial charge in [0.1, 0.15) is 0 Å². The Balaban J connectivity index is 2.55. The van der Waals surface area contributed by atoms with Gasteiger partial charge in [0.2, 0.25) is 0 Å². The third-order valence-electron chi connectivity index (χ3n) is 2.54. The lowest BCUT2D eigenvalue weighted by molar-refractivity contribution is 0.418. The van der Waals surface area contributed by atoms with E-state index in [1.165, 1.54) is 5.56 Å². The Hall–Kier alpha value is -0.890. The van der Waals surface area contributed by atoms with Crippen molar-refractivity contribution in [2.24, 2.45) is 0 Å². The zero-order valence-electron chi connectivity index (χ0n) is 10.3. The van der Waals surface area contributed by atoms with Gasteiger partial charge in [0.05, 0.1) is 4.99 Å². The molecule has 0 heterocycles. The molecule has 0 aliphatic rings. The molecule has 0 spiro atoms. The molecule has 1 nitrogen and oxygen atoms in total. The minimum atomic E-state index is 0.899. The van der Waals surface area contributed by atoms with Crippen molar-refractivity contribution in [1.82, 2.24) is 4.90 Å². The van der Waals surface area contributed by atoms with Crippen LogP contribution in [0.1, 0.15) is 32.3 Å². The maximum atomic E-state index is 5.51. The lowest BCUT2D eigenvalue weighted by Crippen LogP contribution is -2.32. The lowest BCUT2D eigenvalue weighted by atomic mass is 10.1. The van der Waals surface area contributed by atoms with Crippen molar-refractivity contribution in [3.05, 3.63) is 35.9 Å². The third-order valence-corrected chi connectivity index (χ3v) is 2.94. The van der Waals surface area contributed by atoms with Crippen LogP contribution in [0.25, 0.3) is 0 Å². The van der Waals surface area contributed by atoms with Crippen molar-refractivity contribution < 1.29 is 0 Å². The molecule has 0 radical (unpaired) electrons. The molecular formula is C14H21NS. The Kier molecular flexibility index (Phi) is 6.09. The van der Waals surface area contributed by atoms with Crippen LogP contribution in [0.5, 0.6) is 0 Å². The van der Waals surface area contributed by atoms with Crippen LogP contribution >= 0.6 is 12.2 Å². The third kappa shape index (κ3) is 4.31. The van der Waals surface area contributed by atoms with E-state index in [2.05, 4.69) is 43.0 Å². The average molecular weight is 235 g/mol. The summed E-state index contributed by atoms with van der Waals surface area (Å²) < 4.78 is 0. The highest BCUT2D eigenvalue weighted by atomic mass is 32.1. The summed E-state index contributed by atoms with van der Waals surface area (Å²) in [6.45, 7) is 6.57. The number of hydrogen-bond donors (Lipinski definition) is 0. The molecule has 1 rings (SSSR count). The molecule has 0 bridgehead atoms. The van der Waals surface area contributed by atoms with Crippen LogP contribution in [-0.4, -0.2) is 23.0 Å². The normalized spacial score (nSPS) is 10.1. The summed E-state index contributed by atoms with van der Waals surface area (Å²) >= 11 is 5.51. The van der Waals surface area contributed by atoms with Gasteiger partial charge in [-0.3, -0.25) is 0 Å². The topological polar surface area (TPSA) is 3.24 Å². The van der Waals surface area contributed by atoms with E-state index in [0.717, 1.165) is 37.3 Å². The summed E-state index contributed by atoms with van der Waals surface area (Å²) in [7, 11) is 0. The first-order valence-corrected chi connectivity index (χ1v) is 6.50. The number of thiocarbonyl (C=S) groups is 1. The minimum Gasteiger partial charge on any atom is -0.366 e. The van der Waals surface area contributed by atoms with Crippen LogP contribution in [0.2, 0.25) is 0 Å². The van der Waals surface area contributed by atoms with Crippen LogP contribution in [-0.2, 0) is 6.42 Å². The monoisotopic (exact) mass is 235 g/mol. The fourth-order valence-electron chi connectivity index (χ4n) is 1.78. The van der Waals surface area contributed by atoms with E-state index < -0.39 is 0 Å². The van der Waals surface area contributed by atoms with Crippen molar-refractivity contribution in [1.29, 1.82) is 0 Å². The Morgan fingerprint density at radius 2 is 1.62 bits per heavy atom. The first-order chi connectivity index (χ1) is 7.77. The van der Waals surface area contributed by atoms with E-state index in [4.69, 9.17) is 12.2 Å². The van der Waals surface area contributed by atoms with Gasteiger partial charge in [0, 0.05) is 19.5 Å². The van der Waals surface area contributed by atoms with E-state index in [1.807, 2.05) is 6.07 Å². The summed E-state index contributed by atoms with van der Waals surface area (Å²) in [5, 5.41) is 0. The molecule has 0 unspecified atom stereocenters. The summed E-state index contributed by atoms with van der Waals surface area (Å²) in [5.74, 6) is 0. The number of benzene rings is 1. The Morgan fingerprint density at radius 1 is 1.06 bits per heavy atom. The molecule has 0 saturated carbocycles. The van der Waals surface area contributed by atoms with E-state index in [0.29, 0.717) is 0 Å². The van der Waals surface area contributed by atoms with E-state index in [9.17, 15) is 0 Å². The molecule has 1 aromatic carbocycles. The molecule has 0 aliphatic carbocycles. The number of rotatable bonds is 6. The molecule has 1 aromatic rings. The molecule has 2 heteroatoms. The molecule has 0 N–H and O–H groups in total. The van der Waals surface area contributed by atoms with Crippen LogP contribution < -0.4 is 0 Å². The quantitative estimate of drug-likeness (QED) is 0.692. The van der Waals surface area contributed by atoms with Crippen molar-refractivity contribution in [2.45, 2.75) is 33.1 Å². The zero-order chi connectivity index (χ0) is 11.8. The van der Waals surface area contributed by atoms with Gasteiger partial charge < -0.3 is 4.90 Å². The molecule has 16 heavy (non-hydrogen) atoms. The maximum Gasteiger partial charge on any atom is 0.0823 e. The van der Waals surface area contributed by atoms with Gasteiger partial charge >= 0.3 is 0 Å². The molecule has 0 atom stereocenters. The standard InChI is InChI=1S/C14H21NS/c1-3-10-15(11-4-2)14(16)12-13-8-6-5-7-9-13/h5-9H,3-4,10-12H2,1-2H3. The fourth-order valence-corrected chi connectivity index (χ4v) is 2.13. The van der Waals surface area contributed by atoms with Crippen LogP contribution in [0.15, 0.2) is 30.3 Å². The largest absolute Gasteiger partial charge is 0.366 e. The zero-order valence-corrected chi connectivity index (χ0v) is 11.1. The molecule has 0 aliphatic heterocycles.